The summed E-state index contributed by atoms with van der Waals surface area (Å²) in [7, 11) is -3.87. The molecule has 31 heavy (non-hydrogen) atoms. The third kappa shape index (κ3) is 4.29. The Morgan fingerprint density at radius 3 is 2.90 bits per heavy atom. The lowest BCUT2D eigenvalue weighted by atomic mass is 10.0. The SMILES string of the molecule is Cc1ccc(C(=O)N2CCCC[C@@H]2COc2cccc3c2C(N)=NS(=O)(=O)N3)c(O)c1. The molecule has 2 aliphatic rings. The predicted octanol–water partition coefficient (Wildman–Crippen LogP) is 2.15. The molecule has 0 saturated carbocycles. The number of aryl methyl sites for hydroxylation is 1. The fraction of sp³-hybridized carbons (Fsp3) is 0.333. The molecule has 0 unspecified atom stereocenters. The second kappa shape index (κ2) is 8.10. The van der Waals surface area contributed by atoms with E-state index in [0.717, 1.165) is 24.8 Å². The zero-order valence-corrected chi connectivity index (χ0v) is 17.9. The van der Waals surface area contributed by atoms with Crippen LogP contribution in [0.3, 0.4) is 0 Å². The lowest BCUT2D eigenvalue weighted by Gasteiger charge is -2.36. The van der Waals surface area contributed by atoms with Gasteiger partial charge >= 0.3 is 10.2 Å². The smallest absolute Gasteiger partial charge is 0.344 e. The van der Waals surface area contributed by atoms with Gasteiger partial charge in [-0.1, -0.05) is 12.1 Å². The molecule has 0 aliphatic carbocycles. The number of nitrogens with zero attached hydrogens (tertiary/aromatic N) is 2. The number of carbonyl (C=O) groups excluding carboxylic acids is 1. The molecular weight excluding hydrogens is 420 g/mol. The molecule has 2 heterocycles. The largest absolute Gasteiger partial charge is 0.507 e. The lowest BCUT2D eigenvalue weighted by molar-refractivity contribution is 0.0525. The van der Waals surface area contributed by atoms with E-state index < -0.39 is 10.2 Å². The summed E-state index contributed by atoms with van der Waals surface area (Å²) >= 11 is 0. The minimum Gasteiger partial charge on any atom is -0.507 e. The van der Waals surface area contributed by atoms with Gasteiger partial charge in [-0.3, -0.25) is 9.52 Å². The van der Waals surface area contributed by atoms with E-state index in [1.807, 2.05) is 6.92 Å². The van der Waals surface area contributed by atoms with E-state index in [1.165, 1.54) is 0 Å². The normalized spacial score (nSPS) is 19.7. The number of fused-ring (bicyclic) bond motifs is 1. The molecule has 4 N–H and O–H groups in total. The molecule has 4 rings (SSSR count). The Morgan fingerprint density at radius 2 is 2.13 bits per heavy atom. The summed E-state index contributed by atoms with van der Waals surface area (Å²) in [5.41, 5.74) is 7.68. The number of phenols is 1. The molecule has 10 heteroatoms. The van der Waals surface area contributed by atoms with Gasteiger partial charge in [-0.2, -0.15) is 8.42 Å². The van der Waals surface area contributed by atoms with Crippen LogP contribution in [0.15, 0.2) is 40.8 Å². The highest BCUT2D eigenvalue weighted by atomic mass is 32.2. The number of hydrogen-bond donors (Lipinski definition) is 3. The monoisotopic (exact) mass is 444 g/mol. The van der Waals surface area contributed by atoms with Gasteiger partial charge in [0.2, 0.25) is 0 Å². The number of carbonyl (C=O) groups is 1. The van der Waals surface area contributed by atoms with Gasteiger partial charge in [0.05, 0.1) is 22.9 Å². The van der Waals surface area contributed by atoms with Crippen LogP contribution in [0.4, 0.5) is 5.69 Å². The van der Waals surface area contributed by atoms with E-state index in [-0.39, 0.29) is 35.7 Å². The summed E-state index contributed by atoms with van der Waals surface area (Å²) in [6.45, 7) is 2.62. The van der Waals surface area contributed by atoms with Crippen molar-refractivity contribution in [3.05, 3.63) is 53.1 Å². The molecular formula is C21H24N4O5S. The third-order valence-electron chi connectivity index (χ3n) is 5.44. The van der Waals surface area contributed by atoms with E-state index in [1.54, 1.807) is 41.3 Å². The predicted molar refractivity (Wildman–Crippen MR) is 117 cm³/mol. The first-order valence-corrected chi connectivity index (χ1v) is 11.4. The number of anilines is 1. The van der Waals surface area contributed by atoms with Crippen molar-refractivity contribution in [2.75, 3.05) is 17.9 Å². The van der Waals surface area contributed by atoms with E-state index in [0.29, 0.717) is 23.5 Å². The van der Waals surface area contributed by atoms with Gasteiger partial charge < -0.3 is 20.5 Å². The Morgan fingerprint density at radius 1 is 1.32 bits per heavy atom. The highest BCUT2D eigenvalue weighted by molar-refractivity contribution is 7.91. The second-order valence-corrected chi connectivity index (χ2v) is 9.05. The number of ether oxygens (including phenoxy) is 1. The molecule has 1 amide bonds. The number of amides is 1. The standard InChI is InChI=1S/C21H24N4O5S/c1-13-8-9-15(17(26)11-13)21(27)25-10-3-2-5-14(25)12-30-18-7-4-6-16-19(18)20(22)24-31(28,29)23-16/h4,6-9,11,14,23,26H,2-3,5,10,12H2,1H3,(H2,22,24)/t14-/m1/s1. The minimum absolute atomic E-state index is 0.0383. The quantitative estimate of drug-likeness (QED) is 0.661. The van der Waals surface area contributed by atoms with Crippen LogP contribution in [0.2, 0.25) is 0 Å². The van der Waals surface area contributed by atoms with E-state index in [2.05, 4.69) is 9.12 Å². The number of nitrogens with one attached hydrogen (secondary N) is 1. The van der Waals surface area contributed by atoms with Gasteiger partial charge in [-0.25, -0.2) is 0 Å². The van der Waals surface area contributed by atoms with Crippen LogP contribution in [0.25, 0.3) is 0 Å². The van der Waals surface area contributed by atoms with Gasteiger partial charge in [0.25, 0.3) is 5.91 Å². The van der Waals surface area contributed by atoms with Crippen molar-refractivity contribution in [2.24, 2.45) is 10.1 Å². The molecule has 0 aromatic heterocycles. The van der Waals surface area contributed by atoms with Crippen LogP contribution in [0.5, 0.6) is 11.5 Å². The Balaban J connectivity index is 1.55. The lowest BCUT2D eigenvalue weighted by Crippen LogP contribution is -2.46. The molecule has 0 bridgehead atoms. The third-order valence-corrected chi connectivity index (χ3v) is 6.36. The number of phenolic OH excluding ortho intramolecular Hbond substituents is 1. The number of likely N-dealkylation sites (tertiary alicyclic amines) is 1. The van der Waals surface area contributed by atoms with Gasteiger partial charge in [0, 0.05) is 6.54 Å². The Hall–Kier alpha value is -3.27. The molecule has 0 radical (unpaired) electrons. The number of aromatic hydroxyl groups is 1. The van der Waals surface area contributed by atoms with Crippen molar-refractivity contribution >= 4 is 27.6 Å². The number of nitrogens with two attached hydrogens (primary N) is 1. The van der Waals surface area contributed by atoms with Crippen LogP contribution >= 0.6 is 0 Å². The molecule has 164 valence electrons. The summed E-state index contributed by atoms with van der Waals surface area (Å²) < 4.78 is 35.3. The Labute approximate surface area is 180 Å². The van der Waals surface area contributed by atoms with Crippen LogP contribution in [-0.2, 0) is 10.2 Å². The van der Waals surface area contributed by atoms with Crippen molar-refractivity contribution in [3.63, 3.8) is 0 Å². The average molecular weight is 445 g/mol. The average Bonchev–Trinajstić information content (AvgIpc) is 2.71. The van der Waals surface area contributed by atoms with Crippen LogP contribution in [-0.4, -0.2) is 49.4 Å². The highest BCUT2D eigenvalue weighted by Crippen LogP contribution is 2.31. The van der Waals surface area contributed by atoms with Gasteiger partial charge in [0.15, 0.2) is 5.84 Å². The van der Waals surface area contributed by atoms with Gasteiger partial charge in [-0.15, -0.1) is 4.40 Å². The zero-order chi connectivity index (χ0) is 22.2. The maximum absolute atomic E-state index is 13.1. The van der Waals surface area contributed by atoms with Gasteiger partial charge in [0.1, 0.15) is 18.1 Å². The summed E-state index contributed by atoms with van der Waals surface area (Å²) in [6.07, 6.45) is 2.58. The van der Waals surface area contributed by atoms with Crippen molar-refractivity contribution in [3.8, 4) is 11.5 Å². The fourth-order valence-corrected chi connectivity index (χ4v) is 4.79. The Bertz CT molecular complexity index is 1160. The van der Waals surface area contributed by atoms with Crippen LogP contribution < -0.4 is 15.2 Å². The van der Waals surface area contributed by atoms with Crippen LogP contribution in [0.1, 0.15) is 40.7 Å². The zero-order valence-electron chi connectivity index (χ0n) is 17.0. The van der Waals surface area contributed by atoms with Gasteiger partial charge in [-0.05, 0) is 56.0 Å². The van der Waals surface area contributed by atoms with Crippen molar-refractivity contribution in [1.29, 1.82) is 0 Å². The first-order valence-electron chi connectivity index (χ1n) is 10.00. The number of benzene rings is 2. The summed E-state index contributed by atoms with van der Waals surface area (Å²) in [6, 6.07) is 9.72. The molecule has 2 aromatic rings. The number of amidine groups is 1. The maximum atomic E-state index is 13.1. The molecule has 9 nitrogen and oxygen atoms in total. The second-order valence-electron chi connectivity index (χ2n) is 7.71. The van der Waals surface area contributed by atoms with Crippen molar-refractivity contribution in [1.82, 2.24) is 4.90 Å². The topological polar surface area (TPSA) is 134 Å². The molecule has 2 aromatic carbocycles. The first-order chi connectivity index (χ1) is 14.7. The molecule has 1 saturated heterocycles. The maximum Gasteiger partial charge on any atom is 0.344 e. The highest BCUT2D eigenvalue weighted by Gasteiger charge is 2.30. The summed E-state index contributed by atoms with van der Waals surface area (Å²) in [5.74, 6) is -0.0406. The van der Waals surface area contributed by atoms with E-state index in [4.69, 9.17) is 10.5 Å². The number of hydrogen-bond acceptors (Lipinski definition) is 6. The Kier molecular flexibility index (Phi) is 5.48. The molecule has 0 spiro atoms. The molecule has 2 aliphatic heterocycles. The molecule has 1 fully saturated rings. The van der Waals surface area contributed by atoms with E-state index >= 15 is 0 Å². The first kappa shape index (κ1) is 21.0. The summed E-state index contributed by atoms with van der Waals surface area (Å²) in [5, 5.41) is 10.2. The fourth-order valence-electron chi connectivity index (χ4n) is 3.94. The van der Waals surface area contributed by atoms with E-state index in [9.17, 15) is 18.3 Å². The van der Waals surface area contributed by atoms with Crippen molar-refractivity contribution < 1.29 is 23.1 Å². The number of piperidine rings is 1. The van der Waals surface area contributed by atoms with Crippen molar-refractivity contribution in [2.45, 2.75) is 32.2 Å². The van der Waals surface area contributed by atoms with Crippen LogP contribution in [0, 0.1) is 6.92 Å². The minimum atomic E-state index is -3.87. The summed E-state index contributed by atoms with van der Waals surface area (Å²) in [4.78, 5) is 14.8. The molecule has 1 atom stereocenters. The number of rotatable bonds is 4.